The molecule has 3 aromatic carbocycles. The van der Waals surface area contributed by atoms with Crippen molar-refractivity contribution < 1.29 is 35.9 Å². The van der Waals surface area contributed by atoms with Gasteiger partial charge in [-0.25, -0.2) is 12.8 Å². The number of carbonyl (C=O) groups is 1. The summed E-state index contributed by atoms with van der Waals surface area (Å²) in [6.45, 7) is 0. The molecule has 6 nitrogen and oxygen atoms in total. The summed E-state index contributed by atoms with van der Waals surface area (Å²) >= 11 is 5.94. The molecule has 0 aliphatic carbocycles. The van der Waals surface area contributed by atoms with E-state index >= 15 is 0 Å². The minimum absolute atomic E-state index is 0.0367. The minimum Gasteiger partial charge on any atom is -0.374 e. The lowest BCUT2D eigenvalue weighted by atomic mass is 9.93. The lowest BCUT2D eigenvalue weighted by Gasteiger charge is -2.28. The average Bonchev–Trinajstić information content (AvgIpc) is 2.79. The molecule has 188 valence electrons. The first-order valence-corrected chi connectivity index (χ1v) is 12.3. The van der Waals surface area contributed by atoms with Crippen LogP contribution in [0.2, 0.25) is 5.02 Å². The predicted molar refractivity (Wildman–Crippen MR) is 124 cm³/mol. The van der Waals surface area contributed by atoms with Crippen molar-refractivity contribution in [2.45, 2.75) is 17.5 Å². The third-order valence-electron chi connectivity index (χ3n) is 5.12. The summed E-state index contributed by atoms with van der Waals surface area (Å²) in [6.07, 6.45) is -4.83. The highest BCUT2D eigenvalue weighted by Crippen LogP contribution is 2.34. The molecule has 0 saturated carbocycles. The fraction of sp³-hybridized carbons (Fsp3) is 0.167. The summed E-state index contributed by atoms with van der Waals surface area (Å²) in [7, 11) is -4.34. The molecule has 1 unspecified atom stereocenters. The Hall–Kier alpha value is -3.46. The molecule has 0 aliphatic rings. The predicted octanol–water partition coefficient (Wildman–Crippen LogP) is 4.81. The van der Waals surface area contributed by atoms with Crippen molar-refractivity contribution in [2.75, 3.05) is 11.1 Å². The van der Waals surface area contributed by atoms with Crippen LogP contribution in [0.1, 0.15) is 22.3 Å². The molecule has 0 fully saturated rings. The summed E-state index contributed by atoms with van der Waals surface area (Å²) in [5.74, 6) is -3.96. The topological polar surface area (TPSA) is 107 Å². The van der Waals surface area contributed by atoms with Crippen molar-refractivity contribution in [2.24, 2.45) is 0 Å². The molecular weight excluding hydrogens is 524 g/mol. The number of alkyl halides is 3. The number of carbonyl (C=O) groups excluding carboxylic acids is 1. The van der Waals surface area contributed by atoms with Crippen molar-refractivity contribution in [1.29, 1.82) is 5.26 Å². The molecule has 0 radical (unpaired) electrons. The molecular formula is C24H17ClF4N2O4S. The summed E-state index contributed by atoms with van der Waals surface area (Å²) in [6, 6.07) is 13.0. The number of nitrogens with zero attached hydrogens (tertiary/aromatic N) is 1. The zero-order valence-corrected chi connectivity index (χ0v) is 19.8. The van der Waals surface area contributed by atoms with Gasteiger partial charge < -0.3 is 10.4 Å². The van der Waals surface area contributed by atoms with Gasteiger partial charge in [0.15, 0.2) is 15.4 Å². The molecule has 12 heteroatoms. The number of anilines is 1. The number of hydrogen-bond acceptors (Lipinski definition) is 5. The van der Waals surface area contributed by atoms with Crippen molar-refractivity contribution in [3.8, 4) is 6.07 Å². The zero-order valence-electron chi connectivity index (χ0n) is 18.2. The van der Waals surface area contributed by atoms with Gasteiger partial charge in [-0.15, -0.1) is 0 Å². The third-order valence-corrected chi connectivity index (χ3v) is 7.06. The van der Waals surface area contributed by atoms with E-state index in [0.29, 0.717) is 12.1 Å². The molecule has 0 aromatic heterocycles. The van der Waals surface area contributed by atoms with Crippen molar-refractivity contribution >= 4 is 33.0 Å². The van der Waals surface area contributed by atoms with Gasteiger partial charge in [0.1, 0.15) is 11.9 Å². The Morgan fingerprint density at radius 3 is 2.25 bits per heavy atom. The summed E-state index contributed by atoms with van der Waals surface area (Å²) in [5, 5.41) is 22.5. The fourth-order valence-electron chi connectivity index (χ4n) is 3.35. The molecule has 1 amide bonds. The largest absolute Gasteiger partial charge is 0.416 e. The maximum absolute atomic E-state index is 13.3. The third kappa shape index (κ3) is 6.40. The molecule has 3 aromatic rings. The van der Waals surface area contributed by atoms with E-state index in [4.69, 9.17) is 16.9 Å². The van der Waals surface area contributed by atoms with E-state index < -0.39 is 56.0 Å². The van der Waals surface area contributed by atoms with Crippen LogP contribution in [0.25, 0.3) is 0 Å². The normalized spacial score (nSPS) is 13.5. The van der Waals surface area contributed by atoms with Gasteiger partial charge in [0.05, 0.1) is 27.7 Å². The number of aliphatic hydroxyl groups is 1. The Balaban J connectivity index is 2.03. The number of amides is 1. The standard InChI is InChI=1S/C24H17ClF4N2O4S/c25-21-11-20(9-6-16(21)12-30)31-22(32)23(33,17-2-1-3-18(10-17)24(27,28)29)14-36(34,35)13-15-4-7-19(26)8-5-15/h1-11,33H,13-14H2,(H,31,32). The van der Waals surface area contributed by atoms with E-state index in [1.54, 1.807) is 6.07 Å². The van der Waals surface area contributed by atoms with Crippen LogP contribution < -0.4 is 5.32 Å². The molecule has 1 atom stereocenters. The number of nitriles is 1. The van der Waals surface area contributed by atoms with Crippen LogP contribution in [-0.2, 0) is 32.2 Å². The Bertz CT molecular complexity index is 1440. The van der Waals surface area contributed by atoms with E-state index in [2.05, 4.69) is 5.32 Å². The van der Waals surface area contributed by atoms with Gasteiger partial charge in [-0.05, 0) is 53.6 Å². The first-order chi connectivity index (χ1) is 16.7. The van der Waals surface area contributed by atoms with Gasteiger partial charge >= 0.3 is 6.18 Å². The van der Waals surface area contributed by atoms with E-state index in [1.807, 2.05) is 0 Å². The van der Waals surface area contributed by atoms with Crippen LogP contribution in [0.5, 0.6) is 0 Å². The number of halogens is 5. The molecule has 0 heterocycles. The van der Waals surface area contributed by atoms with Gasteiger partial charge in [0.2, 0.25) is 0 Å². The van der Waals surface area contributed by atoms with E-state index in [1.165, 1.54) is 24.3 Å². The Morgan fingerprint density at radius 2 is 1.67 bits per heavy atom. The highest BCUT2D eigenvalue weighted by molar-refractivity contribution is 7.90. The quantitative estimate of drug-likeness (QED) is 0.418. The molecule has 0 aliphatic heterocycles. The molecule has 0 saturated heterocycles. The summed E-state index contributed by atoms with van der Waals surface area (Å²) in [5.41, 5.74) is -4.60. The first-order valence-electron chi connectivity index (χ1n) is 10.1. The number of rotatable bonds is 7. The number of nitrogens with one attached hydrogen (secondary N) is 1. The number of benzene rings is 3. The summed E-state index contributed by atoms with van der Waals surface area (Å²) in [4.78, 5) is 13.2. The SMILES string of the molecule is N#Cc1ccc(NC(=O)C(O)(CS(=O)(=O)Cc2ccc(F)cc2)c2cccc(C(F)(F)F)c2)cc1Cl. The van der Waals surface area contributed by atoms with Crippen molar-refractivity contribution in [3.63, 3.8) is 0 Å². The maximum atomic E-state index is 13.3. The zero-order chi connectivity index (χ0) is 26.7. The molecule has 0 bridgehead atoms. The highest BCUT2D eigenvalue weighted by Gasteiger charge is 2.44. The van der Waals surface area contributed by atoms with E-state index in [0.717, 1.165) is 30.3 Å². The molecule has 36 heavy (non-hydrogen) atoms. The average molecular weight is 541 g/mol. The van der Waals surface area contributed by atoms with Crippen molar-refractivity contribution in [3.05, 3.63) is 99.8 Å². The second-order valence-electron chi connectivity index (χ2n) is 7.86. The molecule has 0 spiro atoms. The maximum Gasteiger partial charge on any atom is 0.416 e. The van der Waals surface area contributed by atoms with Gasteiger partial charge in [-0.2, -0.15) is 18.4 Å². The van der Waals surface area contributed by atoms with Crippen molar-refractivity contribution in [1.82, 2.24) is 0 Å². The van der Waals surface area contributed by atoms with Gasteiger partial charge in [-0.1, -0.05) is 35.9 Å². The Labute approximate surface area is 208 Å². The fourth-order valence-corrected chi connectivity index (χ4v) is 5.31. The monoisotopic (exact) mass is 540 g/mol. The second-order valence-corrected chi connectivity index (χ2v) is 10.3. The number of hydrogen-bond donors (Lipinski definition) is 2. The lowest BCUT2D eigenvalue weighted by Crippen LogP contribution is -2.46. The smallest absolute Gasteiger partial charge is 0.374 e. The first kappa shape index (κ1) is 27.1. The second kappa shape index (κ2) is 10.3. The Kier molecular flexibility index (Phi) is 7.73. The van der Waals surface area contributed by atoms with Gasteiger partial charge in [0, 0.05) is 5.69 Å². The van der Waals surface area contributed by atoms with Gasteiger partial charge in [0.25, 0.3) is 5.91 Å². The minimum atomic E-state index is -4.83. The number of sulfone groups is 1. The Morgan fingerprint density at radius 1 is 1.03 bits per heavy atom. The highest BCUT2D eigenvalue weighted by atomic mass is 35.5. The molecule has 3 rings (SSSR count). The van der Waals surface area contributed by atoms with E-state index in [9.17, 15) is 35.9 Å². The molecule has 2 N–H and O–H groups in total. The van der Waals surface area contributed by atoms with Gasteiger partial charge in [-0.3, -0.25) is 4.79 Å². The van der Waals surface area contributed by atoms with Crippen LogP contribution in [-0.4, -0.2) is 25.2 Å². The van der Waals surface area contributed by atoms with Crippen LogP contribution in [0, 0.1) is 17.1 Å². The van der Waals surface area contributed by atoms with Crippen LogP contribution in [0.4, 0.5) is 23.2 Å². The van der Waals surface area contributed by atoms with Crippen LogP contribution in [0.3, 0.4) is 0 Å². The van der Waals surface area contributed by atoms with Crippen LogP contribution >= 0.6 is 11.6 Å². The lowest BCUT2D eigenvalue weighted by molar-refractivity contribution is -0.138. The summed E-state index contributed by atoms with van der Waals surface area (Å²) < 4.78 is 79.0. The van der Waals surface area contributed by atoms with E-state index in [-0.39, 0.29) is 21.8 Å². The van der Waals surface area contributed by atoms with Crippen LogP contribution in [0.15, 0.2) is 66.7 Å².